The van der Waals surface area contributed by atoms with Gasteiger partial charge < -0.3 is 4.90 Å². The quantitative estimate of drug-likeness (QED) is 0.843. The number of aryl methyl sites for hydroxylation is 1. The summed E-state index contributed by atoms with van der Waals surface area (Å²) >= 11 is 0. The lowest BCUT2D eigenvalue weighted by Gasteiger charge is -2.55. The SMILES string of the molecule is CN1CCC12CCCN(C(=O)CCc1ccccc1)C2. The van der Waals surface area contributed by atoms with Crippen LogP contribution in [0.4, 0.5) is 0 Å². The first-order valence-corrected chi connectivity index (χ1v) is 7.73. The number of carbonyl (C=O) groups excluding carboxylic acids is 1. The first-order valence-electron chi connectivity index (χ1n) is 7.73. The first kappa shape index (κ1) is 13.6. The van der Waals surface area contributed by atoms with Crippen molar-refractivity contribution < 1.29 is 4.79 Å². The van der Waals surface area contributed by atoms with E-state index < -0.39 is 0 Å². The van der Waals surface area contributed by atoms with Crippen LogP contribution < -0.4 is 0 Å². The molecule has 3 rings (SSSR count). The van der Waals surface area contributed by atoms with Gasteiger partial charge in [-0.1, -0.05) is 30.3 Å². The van der Waals surface area contributed by atoms with Gasteiger partial charge in [-0.3, -0.25) is 9.69 Å². The molecule has 2 aliphatic heterocycles. The molecule has 108 valence electrons. The number of piperidine rings is 1. The number of carbonyl (C=O) groups is 1. The van der Waals surface area contributed by atoms with Gasteiger partial charge in [-0.15, -0.1) is 0 Å². The van der Waals surface area contributed by atoms with Crippen LogP contribution in [0.2, 0.25) is 0 Å². The van der Waals surface area contributed by atoms with Crippen molar-refractivity contribution in [1.29, 1.82) is 0 Å². The summed E-state index contributed by atoms with van der Waals surface area (Å²) in [7, 11) is 2.20. The molecule has 1 atom stereocenters. The molecule has 2 aliphatic rings. The molecule has 1 amide bonds. The van der Waals surface area contributed by atoms with Gasteiger partial charge >= 0.3 is 0 Å². The number of likely N-dealkylation sites (N-methyl/N-ethyl adjacent to an activating group) is 1. The molecule has 1 spiro atoms. The highest BCUT2D eigenvalue weighted by Crippen LogP contribution is 2.37. The Morgan fingerprint density at radius 1 is 1.20 bits per heavy atom. The summed E-state index contributed by atoms with van der Waals surface area (Å²) in [5.74, 6) is 0.327. The number of rotatable bonds is 3. The second-order valence-electron chi connectivity index (χ2n) is 6.30. The van der Waals surface area contributed by atoms with Crippen LogP contribution in [0, 0.1) is 0 Å². The van der Waals surface area contributed by atoms with Gasteiger partial charge in [-0.25, -0.2) is 0 Å². The van der Waals surface area contributed by atoms with E-state index in [1.165, 1.54) is 24.9 Å². The predicted molar refractivity (Wildman–Crippen MR) is 80.6 cm³/mol. The number of hydrogen-bond donors (Lipinski definition) is 0. The molecule has 0 radical (unpaired) electrons. The molecule has 1 unspecified atom stereocenters. The maximum Gasteiger partial charge on any atom is 0.222 e. The van der Waals surface area contributed by atoms with Crippen LogP contribution in [-0.4, -0.2) is 47.9 Å². The minimum atomic E-state index is 0.306. The zero-order chi connectivity index (χ0) is 14.0. The molecule has 0 aliphatic carbocycles. The molecule has 0 N–H and O–H groups in total. The number of nitrogens with zero attached hydrogens (tertiary/aromatic N) is 2. The van der Waals surface area contributed by atoms with Gasteiger partial charge in [-0.2, -0.15) is 0 Å². The van der Waals surface area contributed by atoms with Gasteiger partial charge in [0.05, 0.1) is 0 Å². The Hall–Kier alpha value is -1.35. The van der Waals surface area contributed by atoms with Crippen LogP contribution in [0.25, 0.3) is 0 Å². The van der Waals surface area contributed by atoms with E-state index in [4.69, 9.17) is 0 Å². The van der Waals surface area contributed by atoms with Crippen molar-refractivity contribution >= 4 is 5.91 Å². The normalized spacial score (nSPS) is 26.6. The molecule has 20 heavy (non-hydrogen) atoms. The van der Waals surface area contributed by atoms with E-state index in [2.05, 4.69) is 29.0 Å². The summed E-state index contributed by atoms with van der Waals surface area (Å²) in [6, 6.07) is 10.3. The summed E-state index contributed by atoms with van der Waals surface area (Å²) in [6.07, 6.45) is 5.17. The standard InChI is InChI=1S/C17H24N2O/c1-18-13-11-17(18)10-5-12-19(14-17)16(20)9-8-15-6-3-2-4-7-15/h2-4,6-7H,5,8-14H2,1H3. The van der Waals surface area contributed by atoms with E-state index in [1.54, 1.807) is 0 Å². The molecule has 3 heteroatoms. The van der Waals surface area contributed by atoms with Gasteiger partial charge in [0.2, 0.25) is 5.91 Å². The summed E-state index contributed by atoms with van der Waals surface area (Å²) < 4.78 is 0. The highest BCUT2D eigenvalue weighted by atomic mass is 16.2. The topological polar surface area (TPSA) is 23.6 Å². The summed E-state index contributed by atoms with van der Waals surface area (Å²) in [6.45, 7) is 3.08. The molecular formula is C17H24N2O. The Balaban J connectivity index is 1.55. The summed E-state index contributed by atoms with van der Waals surface area (Å²) in [5.41, 5.74) is 1.56. The van der Waals surface area contributed by atoms with E-state index in [0.717, 1.165) is 25.9 Å². The maximum absolute atomic E-state index is 12.4. The third-order valence-electron chi connectivity index (χ3n) is 5.10. The van der Waals surface area contributed by atoms with Gasteiger partial charge in [0.1, 0.15) is 0 Å². The van der Waals surface area contributed by atoms with Crippen LogP contribution >= 0.6 is 0 Å². The maximum atomic E-state index is 12.4. The lowest BCUT2D eigenvalue weighted by molar-refractivity contribution is -0.138. The molecule has 2 fully saturated rings. The molecule has 1 aromatic rings. The molecule has 0 aromatic heterocycles. The Morgan fingerprint density at radius 3 is 2.65 bits per heavy atom. The third kappa shape index (κ3) is 2.59. The smallest absolute Gasteiger partial charge is 0.222 e. The highest BCUT2D eigenvalue weighted by molar-refractivity contribution is 5.76. The summed E-state index contributed by atoms with van der Waals surface area (Å²) in [4.78, 5) is 16.9. The zero-order valence-electron chi connectivity index (χ0n) is 12.3. The van der Waals surface area contributed by atoms with E-state index in [9.17, 15) is 4.79 Å². The summed E-state index contributed by atoms with van der Waals surface area (Å²) in [5, 5.41) is 0. The number of benzene rings is 1. The average Bonchev–Trinajstić information content (AvgIpc) is 2.52. The average molecular weight is 272 g/mol. The van der Waals surface area contributed by atoms with E-state index in [0.29, 0.717) is 17.9 Å². The van der Waals surface area contributed by atoms with Crippen LogP contribution in [-0.2, 0) is 11.2 Å². The molecular weight excluding hydrogens is 248 g/mol. The van der Waals surface area contributed by atoms with Gasteiger partial charge in [0.15, 0.2) is 0 Å². The Labute approximate surface area is 121 Å². The van der Waals surface area contributed by atoms with Crippen LogP contribution in [0.1, 0.15) is 31.2 Å². The fourth-order valence-electron chi connectivity index (χ4n) is 3.55. The van der Waals surface area contributed by atoms with Crippen LogP contribution in [0.3, 0.4) is 0 Å². The molecule has 0 bridgehead atoms. The number of hydrogen-bond acceptors (Lipinski definition) is 2. The first-order chi connectivity index (χ1) is 9.70. The van der Waals surface area contributed by atoms with Crippen molar-refractivity contribution in [2.45, 2.75) is 37.6 Å². The van der Waals surface area contributed by atoms with Crippen molar-refractivity contribution in [3.05, 3.63) is 35.9 Å². The van der Waals surface area contributed by atoms with Gasteiger partial charge in [0, 0.05) is 31.6 Å². The van der Waals surface area contributed by atoms with Crippen molar-refractivity contribution in [1.82, 2.24) is 9.80 Å². The minimum Gasteiger partial charge on any atom is -0.341 e. The van der Waals surface area contributed by atoms with Crippen LogP contribution in [0.15, 0.2) is 30.3 Å². The fraction of sp³-hybridized carbons (Fsp3) is 0.588. The molecule has 1 aromatic carbocycles. The fourth-order valence-corrected chi connectivity index (χ4v) is 3.55. The Morgan fingerprint density at radius 2 is 2.00 bits per heavy atom. The zero-order valence-corrected chi connectivity index (χ0v) is 12.3. The van der Waals surface area contributed by atoms with Crippen LogP contribution in [0.5, 0.6) is 0 Å². The van der Waals surface area contributed by atoms with Gasteiger partial charge in [-0.05, 0) is 38.3 Å². The lowest BCUT2D eigenvalue weighted by Crippen LogP contribution is -2.66. The predicted octanol–water partition coefficient (Wildman–Crippen LogP) is 2.32. The third-order valence-corrected chi connectivity index (χ3v) is 5.10. The second kappa shape index (κ2) is 5.57. The Kier molecular flexibility index (Phi) is 3.79. The molecule has 2 heterocycles. The monoisotopic (exact) mass is 272 g/mol. The van der Waals surface area contributed by atoms with Crippen molar-refractivity contribution in [3.63, 3.8) is 0 Å². The molecule has 2 saturated heterocycles. The second-order valence-corrected chi connectivity index (χ2v) is 6.30. The van der Waals surface area contributed by atoms with E-state index >= 15 is 0 Å². The van der Waals surface area contributed by atoms with Crippen molar-refractivity contribution in [2.75, 3.05) is 26.7 Å². The van der Waals surface area contributed by atoms with E-state index in [1.807, 2.05) is 18.2 Å². The number of amides is 1. The van der Waals surface area contributed by atoms with E-state index in [-0.39, 0.29) is 0 Å². The number of likely N-dealkylation sites (tertiary alicyclic amines) is 2. The lowest BCUT2D eigenvalue weighted by atomic mass is 9.78. The largest absolute Gasteiger partial charge is 0.341 e. The highest BCUT2D eigenvalue weighted by Gasteiger charge is 2.45. The molecule has 0 saturated carbocycles. The minimum absolute atomic E-state index is 0.306. The van der Waals surface area contributed by atoms with Crippen molar-refractivity contribution in [3.8, 4) is 0 Å². The van der Waals surface area contributed by atoms with Crippen molar-refractivity contribution in [2.24, 2.45) is 0 Å². The molecule has 3 nitrogen and oxygen atoms in total. The van der Waals surface area contributed by atoms with Gasteiger partial charge in [0.25, 0.3) is 0 Å². The Bertz CT molecular complexity index is 473.